The molecule has 2 rings (SSSR count). The van der Waals surface area contributed by atoms with Crippen molar-refractivity contribution in [2.24, 2.45) is 5.18 Å². The Kier molecular flexibility index (Phi) is 14.0. The van der Waals surface area contributed by atoms with Gasteiger partial charge in [-0.25, -0.2) is 9.48 Å². The number of carbonyl (C=O) groups excluding carboxylic acids is 1. The average Bonchev–Trinajstić information content (AvgIpc) is 3.18. The zero-order valence-corrected chi connectivity index (χ0v) is 16.5. The number of rotatable bonds is 7. The average molecular weight is 390 g/mol. The fraction of sp³-hybridized carbons (Fsp3) is 0.812. The molecule has 1 fully saturated rings. The van der Waals surface area contributed by atoms with E-state index in [0.29, 0.717) is 18.5 Å². The first kappa shape index (κ1) is 25.1. The van der Waals surface area contributed by atoms with Crippen LogP contribution in [0.4, 0.5) is 0 Å². The molecule has 2 heterocycles. The van der Waals surface area contributed by atoms with Gasteiger partial charge in [0.15, 0.2) is 6.23 Å². The minimum absolute atomic E-state index is 0.000811. The summed E-state index contributed by atoms with van der Waals surface area (Å²) in [7, 11) is 4.13. The number of nitroso groups, excluding NO2 is 1. The Balaban J connectivity index is 0.00000123. The van der Waals surface area contributed by atoms with Gasteiger partial charge >= 0.3 is 5.97 Å². The first-order valence-electron chi connectivity index (χ1n) is 8.63. The standard InChI is InChI=1S/C13H21N3O6.C2H6.CH3NO/c1-19-10-3-11(6-17)22-12(4-10)16-5-9(14-15-16)7-21-8-13(18)20-2;1-2;1-2-3/h5,10-12,17H,3-4,6-8H2,1-2H3;1-2H3;1H3. The number of methoxy groups -OCH3 is 2. The number of nitrogens with zero attached hydrogens (tertiary/aromatic N) is 4. The second-order valence-corrected chi connectivity index (χ2v) is 5.17. The van der Waals surface area contributed by atoms with Crippen LogP contribution in [0.15, 0.2) is 11.4 Å². The maximum absolute atomic E-state index is 10.9. The highest BCUT2D eigenvalue weighted by molar-refractivity contribution is 5.70. The van der Waals surface area contributed by atoms with Gasteiger partial charge in [0.25, 0.3) is 0 Å². The first-order valence-corrected chi connectivity index (χ1v) is 8.63. The highest BCUT2D eigenvalue weighted by Crippen LogP contribution is 2.28. The second kappa shape index (κ2) is 15.1. The molecule has 0 aliphatic carbocycles. The summed E-state index contributed by atoms with van der Waals surface area (Å²) in [5.74, 6) is -0.447. The number of aliphatic hydroxyl groups excluding tert-OH is 1. The van der Waals surface area contributed by atoms with Crippen molar-refractivity contribution in [2.45, 2.75) is 51.7 Å². The third-order valence-electron chi connectivity index (χ3n) is 3.43. The number of aliphatic hydroxyl groups is 1. The largest absolute Gasteiger partial charge is 0.467 e. The summed E-state index contributed by atoms with van der Waals surface area (Å²) in [4.78, 5) is 19.5. The molecule has 0 bridgehead atoms. The van der Waals surface area contributed by atoms with E-state index in [0.717, 1.165) is 0 Å². The summed E-state index contributed by atoms with van der Waals surface area (Å²) in [5, 5.41) is 19.5. The van der Waals surface area contributed by atoms with Crippen LogP contribution < -0.4 is 0 Å². The molecule has 1 N–H and O–H groups in total. The van der Waals surface area contributed by atoms with Crippen LogP contribution in [-0.4, -0.2) is 72.8 Å². The molecule has 1 aromatic heterocycles. The highest BCUT2D eigenvalue weighted by atomic mass is 16.6. The van der Waals surface area contributed by atoms with Crippen molar-refractivity contribution in [3.63, 3.8) is 0 Å². The van der Waals surface area contributed by atoms with Gasteiger partial charge in [0.05, 0.1) is 45.8 Å². The van der Waals surface area contributed by atoms with Crippen LogP contribution in [-0.2, 0) is 30.3 Å². The van der Waals surface area contributed by atoms with Gasteiger partial charge < -0.3 is 24.1 Å². The fourth-order valence-electron chi connectivity index (χ4n) is 2.25. The summed E-state index contributed by atoms with van der Waals surface area (Å²) >= 11 is 0. The monoisotopic (exact) mass is 390 g/mol. The van der Waals surface area contributed by atoms with Crippen LogP contribution in [0.1, 0.15) is 38.6 Å². The van der Waals surface area contributed by atoms with E-state index in [1.807, 2.05) is 13.8 Å². The Labute approximate surface area is 158 Å². The number of aromatic nitrogens is 3. The molecule has 3 atom stereocenters. The molecule has 1 aliphatic heterocycles. The Bertz CT molecular complexity index is 515. The van der Waals surface area contributed by atoms with E-state index in [2.05, 4.69) is 20.2 Å². The number of esters is 1. The molecule has 0 amide bonds. The predicted octanol–water partition coefficient (Wildman–Crippen LogP) is 1.06. The molecule has 0 spiro atoms. The van der Waals surface area contributed by atoms with E-state index in [-0.39, 0.29) is 38.3 Å². The molecule has 0 saturated carbocycles. The van der Waals surface area contributed by atoms with Crippen molar-refractivity contribution in [1.82, 2.24) is 15.0 Å². The third kappa shape index (κ3) is 9.52. The van der Waals surface area contributed by atoms with E-state index in [1.54, 1.807) is 18.0 Å². The van der Waals surface area contributed by atoms with Crippen LogP contribution in [0.5, 0.6) is 0 Å². The van der Waals surface area contributed by atoms with Crippen molar-refractivity contribution in [3.05, 3.63) is 16.8 Å². The van der Waals surface area contributed by atoms with E-state index in [4.69, 9.17) is 19.1 Å². The SMILES string of the molecule is CC.CN=O.COC(=O)COCc1cn(C2CC(OC)CC(CO)O2)nn1. The number of carbonyl (C=O) groups is 1. The molecule has 156 valence electrons. The zero-order valence-electron chi connectivity index (χ0n) is 16.5. The van der Waals surface area contributed by atoms with Crippen molar-refractivity contribution in [2.75, 3.05) is 34.5 Å². The summed E-state index contributed by atoms with van der Waals surface area (Å²) in [6.07, 6.45) is 2.32. The van der Waals surface area contributed by atoms with E-state index in [1.165, 1.54) is 14.2 Å². The Hall–Kier alpha value is -1.95. The molecule has 3 unspecified atom stereocenters. The maximum Gasteiger partial charge on any atom is 0.331 e. The molecule has 0 aromatic carbocycles. The molecule has 1 aliphatic rings. The molecule has 11 heteroatoms. The van der Waals surface area contributed by atoms with Crippen LogP contribution in [0.2, 0.25) is 0 Å². The molecule has 0 radical (unpaired) electrons. The lowest BCUT2D eigenvalue weighted by molar-refractivity contribution is -0.153. The molecule has 1 saturated heterocycles. The topological polar surface area (TPSA) is 134 Å². The molecule has 27 heavy (non-hydrogen) atoms. The van der Waals surface area contributed by atoms with Gasteiger partial charge in [0, 0.05) is 20.0 Å². The second-order valence-electron chi connectivity index (χ2n) is 5.17. The van der Waals surface area contributed by atoms with Crippen LogP contribution in [0.3, 0.4) is 0 Å². The summed E-state index contributed by atoms with van der Waals surface area (Å²) < 4.78 is 22.3. The predicted molar refractivity (Wildman–Crippen MR) is 95.8 cm³/mol. The fourth-order valence-corrected chi connectivity index (χ4v) is 2.25. The Morgan fingerprint density at radius 2 is 2.07 bits per heavy atom. The lowest BCUT2D eigenvalue weighted by Gasteiger charge is -2.33. The highest BCUT2D eigenvalue weighted by Gasteiger charge is 2.31. The Morgan fingerprint density at radius 1 is 1.41 bits per heavy atom. The zero-order chi connectivity index (χ0) is 20.7. The van der Waals surface area contributed by atoms with Gasteiger partial charge in [-0.2, -0.15) is 4.91 Å². The first-order chi connectivity index (χ1) is 13.1. The summed E-state index contributed by atoms with van der Waals surface area (Å²) in [5.41, 5.74) is 0.576. The van der Waals surface area contributed by atoms with E-state index >= 15 is 0 Å². The summed E-state index contributed by atoms with van der Waals surface area (Å²) in [6.45, 7) is 3.95. The Morgan fingerprint density at radius 3 is 2.63 bits per heavy atom. The van der Waals surface area contributed by atoms with Gasteiger partial charge in [-0.3, -0.25) is 0 Å². The van der Waals surface area contributed by atoms with Gasteiger partial charge in [0.2, 0.25) is 0 Å². The minimum Gasteiger partial charge on any atom is -0.467 e. The third-order valence-corrected chi connectivity index (χ3v) is 3.43. The van der Waals surface area contributed by atoms with Crippen molar-refractivity contribution in [3.8, 4) is 0 Å². The number of hydrogen-bond donors (Lipinski definition) is 1. The lowest BCUT2D eigenvalue weighted by Crippen LogP contribution is -2.36. The number of ether oxygens (including phenoxy) is 4. The summed E-state index contributed by atoms with van der Waals surface area (Å²) in [6, 6.07) is 0. The van der Waals surface area contributed by atoms with Crippen molar-refractivity contribution in [1.29, 1.82) is 0 Å². The van der Waals surface area contributed by atoms with Gasteiger partial charge in [-0.1, -0.05) is 24.2 Å². The van der Waals surface area contributed by atoms with Crippen molar-refractivity contribution >= 4 is 5.97 Å². The molecule has 11 nitrogen and oxygen atoms in total. The van der Waals surface area contributed by atoms with E-state index < -0.39 is 5.97 Å². The minimum atomic E-state index is -0.447. The van der Waals surface area contributed by atoms with Crippen LogP contribution in [0, 0.1) is 4.91 Å². The van der Waals surface area contributed by atoms with Crippen LogP contribution in [0.25, 0.3) is 0 Å². The normalized spacial score (nSPS) is 21.2. The van der Waals surface area contributed by atoms with Gasteiger partial charge in [-0.05, 0) is 0 Å². The van der Waals surface area contributed by atoms with Gasteiger partial charge in [0.1, 0.15) is 12.3 Å². The quantitative estimate of drug-likeness (QED) is 0.535. The lowest BCUT2D eigenvalue weighted by atomic mass is 10.0. The smallest absolute Gasteiger partial charge is 0.331 e. The van der Waals surface area contributed by atoms with E-state index in [9.17, 15) is 9.90 Å². The maximum atomic E-state index is 10.9. The van der Waals surface area contributed by atoms with Crippen LogP contribution >= 0.6 is 0 Å². The molecular formula is C16H30N4O7. The van der Waals surface area contributed by atoms with Crippen molar-refractivity contribution < 1.29 is 28.8 Å². The molecule has 1 aromatic rings. The van der Waals surface area contributed by atoms with Gasteiger partial charge in [-0.15, -0.1) is 5.10 Å². The number of hydrogen-bond acceptors (Lipinski definition) is 10. The molecular weight excluding hydrogens is 360 g/mol.